The first-order chi connectivity index (χ1) is 18.2. The van der Waals surface area contributed by atoms with Gasteiger partial charge in [-0.1, -0.05) is 24.3 Å². The summed E-state index contributed by atoms with van der Waals surface area (Å²) in [4.78, 5) is 25.7. The van der Waals surface area contributed by atoms with Crippen LogP contribution in [0.4, 0.5) is 8.78 Å². The first kappa shape index (κ1) is 24.9. The Hall–Kier alpha value is -4.73. The molecule has 194 valence electrons. The molecule has 4 N–H and O–H groups in total. The fourth-order valence-corrected chi connectivity index (χ4v) is 4.61. The number of fused-ring (bicyclic) bond motifs is 1. The average molecular weight is 520 g/mol. The number of nitrogens with one attached hydrogen (secondary N) is 1. The van der Waals surface area contributed by atoms with Crippen molar-refractivity contribution in [1.82, 2.24) is 4.90 Å². The van der Waals surface area contributed by atoms with Crippen molar-refractivity contribution in [2.24, 2.45) is 5.73 Å². The van der Waals surface area contributed by atoms with Crippen molar-refractivity contribution < 1.29 is 32.6 Å². The van der Waals surface area contributed by atoms with Crippen molar-refractivity contribution in [2.75, 3.05) is 6.54 Å². The van der Waals surface area contributed by atoms with Crippen LogP contribution < -0.4 is 10.5 Å². The van der Waals surface area contributed by atoms with Crippen molar-refractivity contribution in [1.29, 1.82) is 5.41 Å². The summed E-state index contributed by atoms with van der Waals surface area (Å²) in [6.45, 7) is 0.555. The van der Waals surface area contributed by atoms with Crippen LogP contribution in [-0.2, 0) is 11.4 Å². The minimum absolute atomic E-state index is 0.0605. The van der Waals surface area contributed by atoms with Crippen LogP contribution in [0.1, 0.15) is 34.5 Å². The number of carbonyl (C=O) groups is 2. The molecule has 4 aromatic rings. The Balaban J connectivity index is 1.32. The number of likely N-dealkylation sites (tertiary alicyclic amines) is 1. The molecule has 0 bridgehead atoms. The number of nitrogen functional groups attached to an aromatic ring is 1. The van der Waals surface area contributed by atoms with Crippen molar-refractivity contribution >= 4 is 28.7 Å². The molecule has 38 heavy (non-hydrogen) atoms. The van der Waals surface area contributed by atoms with Crippen LogP contribution in [0.5, 0.6) is 5.75 Å². The summed E-state index contributed by atoms with van der Waals surface area (Å²) in [5.74, 6) is -3.43. The Morgan fingerprint density at radius 2 is 1.89 bits per heavy atom. The number of halogens is 2. The van der Waals surface area contributed by atoms with E-state index in [4.69, 9.17) is 20.3 Å². The van der Waals surface area contributed by atoms with Gasteiger partial charge in [-0.15, -0.1) is 0 Å². The molecule has 10 heteroatoms. The first-order valence-corrected chi connectivity index (χ1v) is 11.8. The molecular formula is C28H23F2N3O5. The summed E-state index contributed by atoms with van der Waals surface area (Å²) in [6.07, 6.45) is 1.09. The number of benzene rings is 3. The van der Waals surface area contributed by atoms with E-state index in [2.05, 4.69) is 0 Å². The van der Waals surface area contributed by atoms with Gasteiger partial charge < -0.3 is 24.9 Å². The lowest BCUT2D eigenvalue weighted by Gasteiger charge is -2.21. The van der Waals surface area contributed by atoms with Crippen LogP contribution >= 0.6 is 0 Å². The van der Waals surface area contributed by atoms with Gasteiger partial charge in [0.25, 0.3) is 5.91 Å². The Morgan fingerprint density at radius 3 is 2.61 bits per heavy atom. The summed E-state index contributed by atoms with van der Waals surface area (Å²) < 4.78 is 39.9. The molecule has 1 fully saturated rings. The van der Waals surface area contributed by atoms with Crippen LogP contribution in [-0.4, -0.2) is 40.3 Å². The number of carboxylic acids is 1. The molecule has 1 amide bonds. The maximum atomic E-state index is 14.3. The summed E-state index contributed by atoms with van der Waals surface area (Å²) >= 11 is 0. The molecule has 1 atom stereocenters. The zero-order chi connectivity index (χ0) is 27.0. The highest BCUT2D eigenvalue weighted by atomic mass is 19.2. The Labute approximate surface area is 215 Å². The summed E-state index contributed by atoms with van der Waals surface area (Å²) in [7, 11) is 0. The third-order valence-electron chi connectivity index (χ3n) is 6.50. The van der Waals surface area contributed by atoms with E-state index in [0.29, 0.717) is 41.8 Å². The van der Waals surface area contributed by atoms with E-state index in [1.165, 1.54) is 11.0 Å². The lowest BCUT2D eigenvalue weighted by atomic mass is 10.0. The van der Waals surface area contributed by atoms with E-state index in [9.17, 15) is 23.5 Å². The number of rotatable bonds is 7. The average Bonchev–Trinajstić information content (AvgIpc) is 3.58. The first-order valence-electron chi connectivity index (χ1n) is 11.8. The second-order valence-corrected chi connectivity index (χ2v) is 9.00. The van der Waals surface area contributed by atoms with Crippen LogP contribution in [0.2, 0.25) is 0 Å². The van der Waals surface area contributed by atoms with Gasteiger partial charge in [-0.2, -0.15) is 0 Å². The molecule has 8 nitrogen and oxygen atoms in total. The summed E-state index contributed by atoms with van der Waals surface area (Å²) in [5, 5.41) is 16.8. The number of amides is 1. The molecule has 1 saturated heterocycles. The smallest absolute Gasteiger partial charge is 0.326 e. The molecule has 0 radical (unpaired) electrons. The molecule has 0 spiro atoms. The number of nitrogens with two attached hydrogens (primary N) is 1. The fourth-order valence-electron chi connectivity index (χ4n) is 4.61. The minimum atomic E-state index is -1.08. The Kier molecular flexibility index (Phi) is 6.54. The number of furan rings is 1. The highest BCUT2D eigenvalue weighted by Crippen LogP contribution is 2.35. The predicted octanol–water partition coefficient (Wildman–Crippen LogP) is 4.93. The molecule has 2 heterocycles. The Morgan fingerprint density at radius 1 is 1.13 bits per heavy atom. The van der Waals surface area contributed by atoms with E-state index in [1.54, 1.807) is 48.5 Å². The standard InChI is InChI=1S/C28H23F2N3O5/c29-21-12-19(25-20(24(21)30)13-23(38-25)26(31)32)16-6-8-18(9-7-16)37-14-15-3-1-4-17(11-15)27(34)33-10-2-5-22(33)28(35)36/h1,3-4,6-9,11-13,22H,2,5,10,14H2,(H3,31,32)(H,35,36)/t22-/m0/s1. The van der Waals surface area contributed by atoms with Crippen molar-refractivity contribution in [3.8, 4) is 16.9 Å². The molecule has 0 unspecified atom stereocenters. The van der Waals surface area contributed by atoms with Crippen molar-refractivity contribution in [3.63, 3.8) is 0 Å². The highest BCUT2D eigenvalue weighted by Gasteiger charge is 2.34. The molecule has 0 saturated carbocycles. The fraction of sp³-hybridized carbons (Fsp3) is 0.179. The van der Waals surface area contributed by atoms with E-state index in [0.717, 1.165) is 11.6 Å². The maximum Gasteiger partial charge on any atom is 0.326 e. The molecule has 3 aromatic carbocycles. The summed E-state index contributed by atoms with van der Waals surface area (Å²) in [5.41, 5.74) is 7.47. The van der Waals surface area contributed by atoms with Crippen molar-refractivity contribution in [3.05, 3.63) is 89.2 Å². The molecular weight excluding hydrogens is 496 g/mol. The van der Waals surface area contributed by atoms with Crippen LogP contribution in [0.3, 0.4) is 0 Å². The number of nitrogens with zero attached hydrogens (tertiary/aromatic N) is 1. The quantitative estimate of drug-likeness (QED) is 0.235. The van der Waals surface area contributed by atoms with Crippen LogP contribution in [0.25, 0.3) is 22.1 Å². The number of carbonyl (C=O) groups excluding carboxylic acids is 1. The number of carboxylic acid groups (broad SMARTS) is 1. The van der Waals surface area contributed by atoms with Gasteiger partial charge in [-0.05, 0) is 60.4 Å². The van der Waals surface area contributed by atoms with E-state index in [1.807, 2.05) is 0 Å². The second-order valence-electron chi connectivity index (χ2n) is 9.00. The molecule has 0 aliphatic carbocycles. The maximum absolute atomic E-state index is 14.3. The zero-order valence-corrected chi connectivity index (χ0v) is 20.0. The van der Waals surface area contributed by atoms with Gasteiger partial charge in [-0.25, -0.2) is 13.6 Å². The SMILES string of the molecule is N=C(N)c1cc2c(F)c(F)cc(-c3ccc(OCc4cccc(C(=O)N5CCC[C@H]5C(=O)O)c4)cc3)c2o1. The zero-order valence-electron chi connectivity index (χ0n) is 20.0. The second kappa shape index (κ2) is 9.97. The number of hydrogen-bond acceptors (Lipinski definition) is 5. The van der Waals surface area contributed by atoms with E-state index < -0.39 is 29.5 Å². The monoisotopic (exact) mass is 519 g/mol. The minimum Gasteiger partial charge on any atom is -0.489 e. The topological polar surface area (TPSA) is 130 Å². The number of ether oxygens (including phenoxy) is 1. The van der Waals surface area contributed by atoms with Gasteiger partial charge in [0, 0.05) is 17.7 Å². The molecule has 1 aliphatic heterocycles. The van der Waals surface area contributed by atoms with Crippen LogP contribution in [0, 0.1) is 17.0 Å². The molecule has 5 rings (SSSR count). The van der Waals surface area contributed by atoms with Gasteiger partial charge in [0.2, 0.25) is 0 Å². The van der Waals surface area contributed by atoms with Gasteiger partial charge in [0.05, 0.1) is 5.39 Å². The lowest BCUT2D eigenvalue weighted by molar-refractivity contribution is -0.141. The Bertz CT molecular complexity index is 1570. The number of amidine groups is 1. The third-order valence-corrected chi connectivity index (χ3v) is 6.50. The molecule has 1 aliphatic rings. The lowest BCUT2D eigenvalue weighted by Crippen LogP contribution is -2.40. The van der Waals surface area contributed by atoms with E-state index >= 15 is 0 Å². The number of aliphatic carboxylic acids is 1. The van der Waals surface area contributed by atoms with E-state index in [-0.39, 0.29) is 29.2 Å². The summed E-state index contributed by atoms with van der Waals surface area (Å²) in [6, 6.07) is 14.9. The molecule has 1 aromatic heterocycles. The van der Waals surface area contributed by atoms with Crippen molar-refractivity contribution in [2.45, 2.75) is 25.5 Å². The third kappa shape index (κ3) is 4.68. The normalized spacial score (nSPS) is 15.1. The van der Waals surface area contributed by atoms with Crippen LogP contribution in [0.15, 0.2) is 65.1 Å². The van der Waals surface area contributed by atoms with Gasteiger partial charge in [0.15, 0.2) is 23.2 Å². The van der Waals surface area contributed by atoms with Gasteiger partial charge in [0.1, 0.15) is 24.0 Å². The van der Waals surface area contributed by atoms with Gasteiger partial charge >= 0.3 is 5.97 Å². The number of hydrogen-bond donors (Lipinski definition) is 3. The largest absolute Gasteiger partial charge is 0.489 e. The van der Waals surface area contributed by atoms with Gasteiger partial charge in [-0.3, -0.25) is 10.2 Å². The highest BCUT2D eigenvalue weighted by molar-refractivity contribution is 6.00. The predicted molar refractivity (Wildman–Crippen MR) is 135 cm³/mol.